The minimum Gasteiger partial charge on any atom is -0.457 e. The van der Waals surface area contributed by atoms with Gasteiger partial charge in [-0.05, 0) is 36.2 Å². The van der Waals surface area contributed by atoms with E-state index in [0.29, 0.717) is 16.3 Å². The lowest BCUT2D eigenvalue weighted by atomic mass is 10.2. The van der Waals surface area contributed by atoms with Gasteiger partial charge in [0.15, 0.2) is 0 Å². The Hall–Kier alpha value is -1.58. The van der Waals surface area contributed by atoms with E-state index in [0.717, 1.165) is 12.2 Å². The number of nitrogens with two attached hydrogens (primary N) is 1. The molecule has 2 nitrogen and oxygen atoms in total. The van der Waals surface area contributed by atoms with Crippen molar-refractivity contribution in [3.63, 3.8) is 0 Å². The normalized spacial score (nSPS) is 10.2. The molecule has 4 heteroatoms. The van der Waals surface area contributed by atoms with Gasteiger partial charge in [0.25, 0.3) is 0 Å². The molecule has 0 aliphatic carbocycles. The van der Waals surface area contributed by atoms with Crippen LogP contribution in [0.4, 0.5) is 0 Å². The lowest BCUT2D eigenvalue weighted by Crippen LogP contribution is -2.09. The Balaban J connectivity index is 2.18. The first-order valence-corrected chi connectivity index (χ1v) is 6.75. The second kappa shape index (κ2) is 6.04. The van der Waals surface area contributed by atoms with E-state index in [9.17, 15) is 0 Å². The van der Waals surface area contributed by atoms with Crippen LogP contribution in [0.25, 0.3) is 0 Å². The molecule has 0 amide bonds. The Morgan fingerprint density at radius 1 is 1.16 bits per heavy atom. The smallest absolute Gasteiger partial charge is 0.128 e. The first-order valence-electron chi connectivity index (χ1n) is 5.96. The summed E-state index contributed by atoms with van der Waals surface area (Å²) in [5.74, 6) is 1.44. The third-order valence-corrected chi connectivity index (χ3v) is 3.31. The first kappa shape index (κ1) is 13.8. The third kappa shape index (κ3) is 3.46. The van der Waals surface area contributed by atoms with Gasteiger partial charge in [-0.25, -0.2) is 0 Å². The van der Waals surface area contributed by atoms with Crippen molar-refractivity contribution in [1.29, 1.82) is 0 Å². The van der Waals surface area contributed by atoms with Crippen LogP contribution in [0.15, 0.2) is 42.5 Å². The highest BCUT2D eigenvalue weighted by Crippen LogP contribution is 2.27. The van der Waals surface area contributed by atoms with Crippen molar-refractivity contribution < 1.29 is 4.74 Å². The van der Waals surface area contributed by atoms with Crippen LogP contribution in [0, 0.1) is 0 Å². The van der Waals surface area contributed by atoms with Crippen LogP contribution in [-0.4, -0.2) is 4.99 Å². The van der Waals surface area contributed by atoms with Gasteiger partial charge in [0.1, 0.15) is 16.5 Å². The van der Waals surface area contributed by atoms with Crippen molar-refractivity contribution in [2.75, 3.05) is 0 Å². The number of hydrogen-bond acceptors (Lipinski definition) is 2. The summed E-state index contributed by atoms with van der Waals surface area (Å²) in [6, 6.07) is 13.2. The van der Waals surface area contributed by atoms with Gasteiger partial charge in [0.2, 0.25) is 0 Å². The Bertz CT molecular complexity index is 596. The van der Waals surface area contributed by atoms with Crippen molar-refractivity contribution >= 4 is 28.8 Å². The van der Waals surface area contributed by atoms with Crippen molar-refractivity contribution in [1.82, 2.24) is 0 Å². The number of rotatable bonds is 4. The third-order valence-electron chi connectivity index (χ3n) is 2.77. The van der Waals surface area contributed by atoms with Crippen LogP contribution >= 0.6 is 23.8 Å². The van der Waals surface area contributed by atoms with E-state index in [1.165, 1.54) is 5.56 Å². The Morgan fingerprint density at radius 2 is 1.79 bits per heavy atom. The number of benzene rings is 2. The molecule has 2 N–H and O–H groups in total. The van der Waals surface area contributed by atoms with Crippen LogP contribution in [0.2, 0.25) is 5.02 Å². The molecule has 0 spiro atoms. The predicted octanol–water partition coefficient (Wildman–Crippen LogP) is 4.33. The second-order valence-corrected chi connectivity index (χ2v) is 4.95. The largest absolute Gasteiger partial charge is 0.457 e. The molecule has 2 aromatic carbocycles. The van der Waals surface area contributed by atoms with Gasteiger partial charge >= 0.3 is 0 Å². The van der Waals surface area contributed by atoms with Gasteiger partial charge in [0, 0.05) is 11.6 Å². The fourth-order valence-corrected chi connectivity index (χ4v) is 2.19. The topological polar surface area (TPSA) is 35.2 Å². The van der Waals surface area contributed by atoms with Gasteiger partial charge in [-0.15, -0.1) is 0 Å². The number of aryl methyl sites for hydroxylation is 1. The highest BCUT2D eigenvalue weighted by atomic mass is 35.5. The van der Waals surface area contributed by atoms with E-state index in [1.54, 1.807) is 18.2 Å². The average molecular weight is 292 g/mol. The number of thiocarbonyl (C=S) groups is 1. The van der Waals surface area contributed by atoms with Gasteiger partial charge in [0.05, 0.1) is 5.02 Å². The monoisotopic (exact) mass is 291 g/mol. The zero-order valence-corrected chi connectivity index (χ0v) is 12.1. The van der Waals surface area contributed by atoms with E-state index >= 15 is 0 Å². The fraction of sp³-hybridized carbons (Fsp3) is 0.133. The molecule has 0 unspecified atom stereocenters. The molecule has 0 aromatic heterocycles. The number of halogens is 1. The van der Waals surface area contributed by atoms with Gasteiger partial charge in [-0.2, -0.15) is 0 Å². The Morgan fingerprint density at radius 3 is 2.32 bits per heavy atom. The van der Waals surface area contributed by atoms with Crippen molar-refractivity contribution in [2.24, 2.45) is 5.73 Å². The van der Waals surface area contributed by atoms with Crippen LogP contribution < -0.4 is 10.5 Å². The van der Waals surface area contributed by atoms with Crippen molar-refractivity contribution in [3.8, 4) is 11.5 Å². The van der Waals surface area contributed by atoms with Gasteiger partial charge < -0.3 is 10.5 Å². The maximum absolute atomic E-state index is 6.09. The summed E-state index contributed by atoms with van der Waals surface area (Å²) in [5.41, 5.74) is 7.49. The highest BCUT2D eigenvalue weighted by Gasteiger charge is 2.05. The molecule has 0 heterocycles. The van der Waals surface area contributed by atoms with E-state index < -0.39 is 0 Å². The molecule has 0 saturated carbocycles. The summed E-state index contributed by atoms with van der Waals surface area (Å²) in [6.45, 7) is 2.12. The highest BCUT2D eigenvalue weighted by molar-refractivity contribution is 7.80. The van der Waals surface area contributed by atoms with Crippen LogP contribution in [0.1, 0.15) is 18.1 Å². The molecule has 19 heavy (non-hydrogen) atoms. The Kier molecular flexibility index (Phi) is 4.40. The van der Waals surface area contributed by atoms with Crippen molar-refractivity contribution in [2.45, 2.75) is 13.3 Å². The van der Waals surface area contributed by atoms with E-state index in [2.05, 4.69) is 6.92 Å². The maximum Gasteiger partial charge on any atom is 0.128 e. The number of ether oxygens (including phenoxy) is 1. The molecular formula is C15H14ClNOS. The predicted molar refractivity (Wildman–Crippen MR) is 83.2 cm³/mol. The molecule has 0 fully saturated rings. The summed E-state index contributed by atoms with van der Waals surface area (Å²) in [6.07, 6.45) is 1.01. The van der Waals surface area contributed by atoms with Crippen LogP contribution in [-0.2, 0) is 6.42 Å². The quantitative estimate of drug-likeness (QED) is 0.852. The minimum absolute atomic E-state index is 0.281. The molecule has 0 atom stereocenters. The van der Waals surface area contributed by atoms with E-state index in [1.807, 2.05) is 24.3 Å². The summed E-state index contributed by atoms with van der Waals surface area (Å²) in [4.78, 5) is 0.281. The van der Waals surface area contributed by atoms with Crippen LogP contribution in [0.5, 0.6) is 11.5 Å². The molecule has 0 aliphatic heterocycles. The maximum atomic E-state index is 6.09. The summed E-state index contributed by atoms with van der Waals surface area (Å²) >= 11 is 11.0. The molecule has 0 bridgehead atoms. The Labute approximate surface area is 123 Å². The molecule has 0 aliphatic rings. The van der Waals surface area contributed by atoms with Crippen molar-refractivity contribution in [3.05, 3.63) is 58.6 Å². The number of hydrogen-bond donors (Lipinski definition) is 1. The molecule has 98 valence electrons. The summed E-state index contributed by atoms with van der Waals surface area (Å²) < 4.78 is 5.72. The summed E-state index contributed by atoms with van der Waals surface area (Å²) in [5, 5.41) is 0.496. The zero-order chi connectivity index (χ0) is 13.8. The molecule has 0 saturated heterocycles. The standard InChI is InChI=1S/C15H14ClNOS/c1-2-10-3-5-11(6-4-10)18-12-7-8-13(15(17)19)14(16)9-12/h3-9H,2H2,1H3,(H2,17,19). The van der Waals surface area contributed by atoms with E-state index in [4.69, 9.17) is 34.3 Å². The van der Waals surface area contributed by atoms with E-state index in [-0.39, 0.29) is 4.99 Å². The lowest BCUT2D eigenvalue weighted by molar-refractivity contribution is 0.482. The second-order valence-electron chi connectivity index (χ2n) is 4.11. The molecular weight excluding hydrogens is 278 g/mol. The molecule has 0 radical (unpaired) electrons. The minimum atomic E-state index is 0.281. The fourth-order valence-electron chi connectivity index (χ4n) is 1.69. The van der Waals surface area contributed by atoms with Gasteiger partial charge in [-0.3, -0.25) is 0 Å². The lowest BCUT2D eigenvalue weighted by Gasteiger charge is -2.08. The van der Waals surface area contributed by atoms with Gasteiger partial charge in [-0.1, -0.05) is 42.9 Å². The molecule has 2 rings (SSSR count). The zero-order valence-electron chi connectivity index (χ0n) is 10.5. The SMILES string of the molecule is CCc1ccc(Oc2ccc(C(N)=S)c(Cl)c2)cc1. The first-order chi connectivity index (χ1) is 9.10. The summed E-state index contributed by atoms with van der Waals surface area (Å²) in [7, 11) is 0. The average Bonchev–Trinajstić information content (AvgIpc) is 2.39. The van der Waals surface area contributed by atoms with Crippen LogP contribution in [0.3, 0.4) is 0 Å². The molecule has 2 aromatic rings.